The van der Waals surface area contributed by atoms with Crippen LogP contribution in [0, 0.1) is 11.3 Å². The second kappa shape index (κ2) is 6.45. The molecule has 1 N–H and O–H groups in total. The molecule has 0 unspecified atom stereocenters. The largest absolute Gasteiger partial charge is 0.379 e. The maximum Gasteiger partial charge on any atom is 0.182 e. The van der Waals surface area contributed by atoms with Gasteiger partial charge in [-0.25, -0.2) is 9.97 Å². The fourth-order valence-electron chi connectivity index (χ4n) is 2.31. The van der Waals surface area contributed by atoms with Crippen LogP contribution in [0.5, 0.6) is 0 Å². The number of nitriles is 1. The molecule has 1 aromatic rings. The zero-order valence-corrected chi connectivity index (χ0v) is 11.3. The lowest BCUT2D eigenvalue weighted by Crippen LogP contribution is -2.50. The number of hydrogen-bond acceptors (Lipinski definition) is 6. The van der Waals surface area contributed by atoms with Gasteiger partial charge >= 0.3 is 0 Å². The van der Waals surface area contributed by atoms with E-state index in [1.54, 1.807) is 6.20 Å². The van der Waals surface area contributed by atoms with E-state index in [-0.39, 0.29) is 0 Å². The number of hydrogen-bond donors (Lipinski definition) is 1. The highest BCUT2D eigenvalue weighted by atomic mass is 16.5. The van der Waals surface area contributed by atoms with Crippen molar-refractivity contribution in [2.45, 2.75) is 25.9 Å². The van der Waals surface area contributed by atoms with Crippen LogP contribution in [-0.2, 0) is 4.74 Å². The minimum Gasteiger partial charge on any atom is -0.379 e. The van der Waals surface area contributed by atoms with E-state index in [0.717, 1.165) is 26.3 Å². The normalized spacial score (nSPS) is 21.6. The fourth-order valence-corrected chi connectivity index (χ4v) is 2.31. The average molecular weight is 261 g/mol. The third-order valence-corrected chi connectivity index (χ3v) is 3.35. The number of morpholine rings is 1. The Morgan fingerprint density at radius 3 is 3.11 bits per heavy atom. The van der Waals surface area contributed by atoms with Crippen molar-refractivity contribution in [2.24, 2.45) is 0 Å². The summed E-state index contributed by atoms with van der Waals surface area (Å²) < 4.78 is 5.43. The Morgan fingerprint density at radius 1 is 1.58 bits per heavy atom. The molecule has 1 aromatic heterocycles. The predicted octanol–water partition coefficient (Wildman–Crippen LogP) is 0.869. The smallest absolute Gasteiger partial charge is 0.182 e. The molecule has 2 atom stereocenters. The molecule has 0 amide bonds. The summed E-state index contributed by atoms with van der Waals surface area (Å²) in [5.41, 5.74) is 0.338. The molecular weight excluding hydrogens is 242 g/mol. The van der Waals surface area contributed by atoms with Gasteiger partial charge in [0.25, 0.3) is 0 Å². The Balaban J connectivity index is 1.93. The van der Waals surface area contributed by atoms with Gasteiger partial charge in [-0.15, -0.1) is 0 Å². The van der Waals surface area contributed by atoms with E-state index >= 15 is 0 Å². The van der Waals surface area contributed by atoms with E-state index in [1.807, 2.05) is 6.07 Å². The van der Waals surface area contributed by atoms with E-state index < -0.39 is 0 Å². The molecule has 19 heavy (non-hydrogen) atoms. The van der Waals surface area contributed by atoms with Gasteiger partial charge in [-0.05, 0) is 13.8 Å². The molecule has 6 nitrogen and oxygen atoms in total. The molecule has 1 fully saturated rings. The Bertz CT molecular complexity index is 459. The van der Waals surface area contributed by atoms with Crippen molar-refractivity contribution in [1.82, 2.24) is 14.9 Å². The number of rotatable bonds is 4. The van der Waals surface area contributed by atoms with Crippen LogP contribution in [0.3, 0.4) is 0 Å². The lowest BCUT2D eigenvalue weighted by molar-refractivity contribution is -0.0159. The summed E-state index contributed by atoms with van der Waals surface area (Å²) in [6.07, 6.45) is 3.11. The minimum atomic E-state index is 0.338. The fraction of sp³-hybridized carbons (Fsp3) is 0.615. The van der Waals surface area contributed by atoms with Gasteiger partial charge in [-0.3, -0.25) is 4.90 Å². The molecular formula is C13H19N5O. The first-order valence-corrected chi connectivity index (χ1v) is 6.51. The number of nitrogens with one attached hydrogen (secondary N) is 1. The van der Waals surface area contributed by atoms with Crippen LogP contribution in [0.15, 0.2) is 12.4 Å². The second-order valence-corrected chi connectivity index (χ2v) is 4.76. The first-order chi connectivity index (χ1) is 9.22. The quantitative estimate of drug-likeness (QED) is 0.867. The summed E-state index contributed by atoms with van der Waals surface area (Å²) in [6, 6.07) is 2.81. The lowest BCUT2D eigenvalue weighted by Gasteiger charge is -2.37. The predicted molar refractivity (Wildman–Crippen MR) is 71.7 cm³/mol. The Kier molecular flexibility index (Phi) is 4.66. The van der Waals surface area contributed by atoms with Crippen molar-refractivity contribution in [1.29, 1.82) is 5.26 Å². The molecule has 0 aliphatic carbocycles. The van der Waals surface area contributed by atoms with Gasteiger partial charge in [-0.2, -0.15) is 5.26 Å². The van der Waals surface area contributed by atoms with E-state index in [9.17, 15) is 0 Å². The maximum atomic E-state index is 8.95. The molecule has 0 spiro atoms. The molecule has 0 radical (unpaired) electrons. The first-order valence-electron chi connectivity index (χ1n) is 6.51. The molecule has 1 saturated heterocycles. The average Bonchev–Trinajstić information content (AvgIpc) is 2.45. The summed E-state index contributed by atoms with van der Waals surface area (Å²) in [5, 5.41) is 12.2. The number of ether oxygens (including phenoxy) is 1. The zero-order valence-electron chi connectivity index (χ0n) is 11.3. The summed E-state index contributed by atoms with van der Waals surface area (Å²) >= 11 is 0. The Morgan fingerprint density at radius 2 is 2.37 bits per heavy atom. The van der Waals surface area contributed by atoms with Gasteiger partial charge in [0.15, 0.2) is 11.5 Å². The van der Waals surface area contributed by atoms with Crippen LogP contribution < -0.4 is 5.32 Å². The topological polar surface area (TPSA) is 74.1 Å². The number of nitrogens with zero attached hydrogens (tertiary/aromatic N) is 4. The van der Waals surface area contributed by atoms with Crippen molar-refractivity contribution < 1.29 is 4.74 Å². The summed E-state index contributed by atoms with van der Waals surface area (Å²) in [4.78, 5) is 10.5. The Labute approximate surface area is 113 Å². The highest BCUT2D eigenvalue weighted by molar-refractivity contribution is 5.46. The standard InChI is InChI=1S/C13H19N5O/c1-10(18-5-6-19-9-11(18)2)8-17-13-12(7-14)15-3-4-16-13/h3-4,10-11H,5-6,8-9H2,1-2H3,(H,16,17)/t10-,11-/m0/s1. The van der Waals surface area contributed by atoms with E-state index in [2.05, 4.69) is 34.0 Å². The first kappa shape index (κ1) is 13.7. The molecule has 0 bridgehead atoms. The van der Waals surface area contributed by atoms with Gasteiger partial charge in [0, 0.05) is 37.6 Å². The lowest BCUT2D eigenvalue weighted by atomic mass is 10.2. The van der Waals surface area contributed by atoms with Gasteiger partial charge in [-0.1, -0.05) is 0 Å². The highest BCUT2D eigenvalue weighted by Gasteiger charge is 2.23. The van der Waals surface area contributed by atoms with Gasteiger partial charge in [0.1, 0.15) is 6.07 Å². The summed E-state index contributed by atoms with van der Waals surface area (Å²) in [5.74, 6) is 0.553. The summed E-state index contributed by atoms with van der Waals surface area (Å²) in [6.45, 7) is 7.56. The van der Waals surface area contributed by atoms with Gasteiger partial charge in [0.05, 0.1) is 13.2 Å². The minimum absolute atomic E-state index is 0.338. The van der Waals surface area contributed by atoms with E-state index in [1.165, 1.54) is 6.20 Å². The van der Waals surface area contributed by atoms with Crippen molar-refractivity contribution in [3.05, 3.63) is 18.1 Å². The molecule has 6 heteroatoms. The van der Waals surface area contributed by atoms with Crippen LogP contribution >= 0.6 is 0 Å². The van der Waals surface area contributed by atoms with Crippen LogP contribution in [0.2, 0.25) is 0 Å². The van der Waals surface area contributed by atoms with Crippen LogP contribution in [0.1, 0.15) is 19.5 Å². The molecule has 2 heterocycles. The molecule has 102 valence electrons. The van der Waals surface area contributed by atoms with Crippen molar-refractivity contribution in [2.75, 3.05) is 31.6 Å². The van der Waals surface area contributed by atoms with Crippen molar-refractivity contribution >= 4 is 5.82 Å². The highest BCUT2D eigenvalue weighted by Crippen LogP contribution is 2.12. The third kappa shape index (κ3) is 3.40. The van der Waals surface area contributed by atoms with Crippen molar-refractivity contribution in [3.8, 4) is 6.07 Å². The number of aromatic nitrogens is 2. The maximum absolute atomic E-state index is 8.95. The Hall–Kier alpha value is -1.71. The molecule has 1 aliphatic heterocycles. The SMILES string of the molecule is C[C@@H](CNc1nccnc1C#N)N1CCOC[C@@H]1C. The van der Waals surface area contributed by atoms with Crippen LogP contribution in [-0.4, -0.2) is 53.3 Å². The van der Waals surface area contributed by atoms with E-state index in [0.29, 0.717) is 23.6 Å². The van der Waals surface area contributed by atoms with Crippen LogP contribution in [0.25, 0.3) is 0 Å². The van der Waals surface area contributed by atoms with Gasteiger partial charge in [0.2, 0.25) is 0 Å². The second-order valence-electron chi connectivity index (χ2n) is 4.76. The van der Waals surface area contributed by atoms with E-state index in [4.69, 9.17) is 10.00 Å². The third-order valence-electron chi connectivity index (χ3n) is 3.35. The molecule has 0 saturated carbocycles. The molecule has 1 aliphatic rings. The number of anilines is 1. The summed E-state index contributed by atoms with van der Waals surface area (Å²) in [7, 11) is 0. The molecule has 0 aromatic carbocycles. The zero-order chi connectivity index (χ0) is 13.7. The van der Waals surface area contributed by atoms with Gasteiger partial charge < -0.3 is 10.1 Å². The van der Waals surface area contributed by atoms with Crippen molar-refractivity contribution in [3.63, 3.8) is 0 Å². The van der Waals surface area contributed by atoms with Crippen LogP contribution in [0.4, 0.5) is 5.82 Å². The molecule has 2 rings (SSSR count). The monoisotopic (exact) mass is 261 g/mol.